The van der Waals surface area contributed by atoms with Crippen molar-refractivity contribution in [1.29, 1.82) is 0 Å². The summed E-state index contributed by atoms with van der Waals surface area (Å²) >= 11 is 0. The highest BCUT2D eigenvalue weighted by Gasteiger charge is 2.04. The largest absolute Gasteiger partial charge is 0.424 e. The number of hydrogen-bond donors (Lipinski definition) is 1. The van der Waals surface area contributed by atoms with Crippen molar-refractivity contribution >= 4 is 0 Å². The molecular formula is C13H17N3O. The molecule has 1 aromatic heterocycles. The van der Waals surface area contributed by atoms with Crippen molar-refractivity contribution in [3.8, 4) is 0 Å². The Morgan fingerprint density at radius 1 is 1.00 bits per heavy atom. The number of hydrogen-bond acceptors (Lipinski definition) is 4. The first kappa shape index (κ1) is 11.8. The van der Waals surface area contributed by atoms with E-state index in [1.165, 1.54) is 11.1 Å². The van der Waals surface area contributed by atoms with Gasteiger partial charge in [0.2, 0.25) is 11.8 Å². The summed E-state index contributed by atoms with van der Waals surface area (Å²) in [6, 6.07) is 8.63. The quantitative estimate of drug-likeness (QED) is 0.853. The molecule has 2 N–H and O–H groups in total. The Hall–Kier alpha value is -1.68. The van der Waals surface area contributed by atoms with Crippen LogP contribution < -0.4 is 5.73 Å². The maximum Gasteiger partial charge on any atom is 0.230 e. The molecule has 0 saturated heterocycles. The van der Waals surface area contributed by atoms with Gasteiger partial charge in [0.1, 0.15) is 0 Å². The minimum absolute atomic E-state index is 0.304. The number of aromatic nitrogens is 2. The third-order valence-corrected chi connectivity index (χ3v) is 2.74. The number of nitrogens with zero attached hydrogens (tertiary/aromatic N) is 2. The van der Waals surface area contributed by atoms with E-state index in [4.69, 9.17) is 10.2 Å². The van der Waals surface area contributed by atoms with E-state index in [1.54, 1.807) is 0 Å². The fourth-order valence-corrected chi connectivity index (χ4v) is 1.66. The van der Waals surface area contributed by atoms with E-state index in [0.29, 0.717) is 18.3 Å². The number of nitrogens with two attached hydrogens (primary N) is 1. The summed E-state index contributed by atoms with van der Waals surface area (Å²) in [6.45, 7) is 2.46. The molecule has 0 amide bonds. The summed E-state index contributed by atoms with van der Waals surface area (Å²) in [7, 11) is 0. The highest BCUT2D eigenvalue weighted by molar-refractivity contribution is 5.22. The number of benzene rings is 1. The molecule has 0 saturated carbocycles. The summed E-state index contributed by atoms with van der Waals surface area (Å²) in [6.07, 6.45) is 2.75. The Labute approximate surface area is 101 Å². The second kappa shape index (κ2) is 5.59. The van der Waals surface area contributed by atoms with Crippen molar-refractivity contribution in [1.82, 2.24) is 10.2 Å². The van der Waals surface area contributed by atoms with Gasteiger partial charge in [0.05, 0.1) is 6.54 Å². The Bertz CT molecular complexity index is 462. The zero-order chi connectivity index (χ0) is 12.1. The molecule has 2 rings (SSSR count). The van der Waals surface area contributed by atoms with Gasteiger partial charge in [0, 0.05) is 6.42 Å². The van der Waals surface area contributed by atoms with Gasteiger partial charge in [-0.2, -0.15) is 0 Å². The third kappa shape index (κ3) is 3.14. The summed E-state index contributed by atoms with van der Waals surface area (Å²) in [5, 5.41) is 7.77. The summed E-state index contributed by atoms with van der Waals surface area (Å²) in [4.78, 5) is 0. The van der Waals surface area contributed by atoms with Gasteiger partial charge in [-0.05, 0) is 24.0 Å². The molecule has 0 aliphatic carbocycles. The van der Waals surface area contributed by atoms with E-state index in [2.05, 4.69) is 41.4 Å². The van der Waals surface area contributed by atoms with Crippen LogP contribution in [0, 0.1) is 0 Å². The van der Waals surface area contributed by atoms with Crippen LogP contribution >= 0.6 is 0 Å². The minimum atomic E-state index is 0.304. The summed E-state index contributed by atoms with van der Waals surface area (Å²) in [5.41, 5.74) is 8.05. The highest BCUT2D eigenvalue weighted by Crippen LogP contribution is 2.09. The average Bonchev–Trinajstić information content (AvgIpc) is 2.85. The van der Waals surface area contributed by atoms with Gasteiger partial charge in [-0.25, -0.2) is 0 Å². The maximum absolute atomic E-state index is 5.41. The molecule has 0 radical (unpaired) electrons. The second-order valence-electron chi connectivity index (χ2n) is 3.96. The van der Waals surface area contributed by atoms with E-state index in [0.717, 1.165) is 19.3 Å². The van der Waals surface area contributed by atoms with Gasteiger partial charge in [-0.15, -0.1) is 10.2 Å². The summed E-state index contributed by atoms with van der Waals surface area (Å²) < 4.78 is 5.35. The predicted molar refractivity (Wildman–Crippen MR) is 65.4 cm³/mol. The van der Waals surface area contributed by atoms with E-state index in [9.17, 15) is 0 Å². The lowest BCUT2D eigenvalue weighted by atomic mass is 10.1. The fraction of sp³-hybridized carbons (Fsp3) is 0.385. The Kier molecular flexibility index (Phi) is 3.88. The van der Waals surface area contributed by atoms with Crippen LogP contribution in [0.1, 0.15) is 29.8 Å². The molecule has 1 aromatic carbocycles. The van der Waals surface area contributed by atoms with E-state index < -0.39 is 0 Å². The molecule has 0 spiro atoms. The lowest BCUT2D eigenvalue weighted by molar-refractivity contribution is 0.450. The molecule has 2 aromatic rings. The fourth-order valence-electron chi connectivity index (χ4n) is 1.66. The van der Waals surface area contributed by atoms with Crippen LogP contribution in [-0.4, -0.2) is 10.2 Å². The molecule has 4 nitrogen and oxygen atoms in total. The first-order chi connectivity index (χ1) is 8.31. The van der Waals surface area contributed by atoms with Gasteiger partial charge in [0.25, 0.3) is 0 Å². The van der Waals surface area contributed by atoms with Crippen LogP contribution in [0.4, 0.5) is 0 Å². The topological polar surface area (TPSA) is 64.9 Å². The highest BCUT2D eigenvalue weighted by atomic mass is 16.4. The zero-order valence-corrected chi connectivity index (χ0v) is 10.0. The molecule has 1 heterocycles. The van der Waals surface area contributed by atoms with Crippen molar-refractivity contribution in [3.05, 3.63) is 47.2 Å². The van der Waals surface area contributed by atoms with Crippen molar-refractivity contribution in [3.63, 3.8) is 0 Å². The van der Waals surface area contributed by atoms with Crippen molar-refractivity contribution in [2.75, 3.05) is 0 Å². The molecule has 0 fully saturated rings. The molecule has 90 valence electrons. The van der Waals surface area contributed by atoms with Gasteiger partial charge in [-0.1, -0.05) is 31.2 Å². The normalized spacial score (nSPS) is 10.7. The van der Waals surface area contributed by atoms with Gasteiger partial charge in [0.15, 0.2) is 0 Å². The maximum atomic E-state index is 5.41. The van der Waals surface area contributed by atoms with Crippen LogP contribution in [0.5, 0.6) is 0 Å². The minimum Gasteiger partial charge on any atom is -0.424 e. The van der Waals surface area contributed by atoms with Crippen LogP contribution in [0.2, 0.25) is 0 Å². The lowest BCUT2D eigenvalue weighted by Gasteiger charge is -2.00. The predicted octanol–water partition coefficient (Wildman–Crippen LogP) is 1.88. The Morgan fingerprint density at radius 2 is 1.65 bits per heavy atom. The first-order valence-electron chi connectivity index (χ1n) is 5.91. The third-order valence-electron chi connectivity index (χ3n) is 2.74. The lowest BCUT2D eigenvalue weighted by Crippen LogP contribution is -1.95. The molecule has 17 heavy (non-hydrogen) atoms. The van der Waals surface area contributed by atoms with E-state index >= 15 is 0 Å². The van der Waals surface area contributed by atoms with Crippen LogP contribution in [-0.2, 0) is 25.8 Å². The zero-order valence-electron chi connectivity index (χ0n) is 10.0. The number of aryl methyl sites for hydroxylation is 3. The van der Waals surface area contributed by atoms with Crippen molar-refractivity contribution < 1.29 is 4.42 Å². The van der Waals surface area contributed by atoms with Gasteiger partial charge >= 0.3 is 0 Å². The smallest absolute Gasteiger partial charge is 0.230 e. The molecule has 4 heteroatoms. The molecule has 0 bridgehead atoms. The number of rotatable bonds is 5. The van der Waals surface area contributed by atoms with Gasteiger partial charge < -0.3 is 10.2 Å². The SMILES string of the molecule is CCc1ccc(CCc2nnc(CN)o2)cc1. The Balaban J connectivity index is 1.92. The van der Waals surface area contributed by atoms with Crippen LogP contribution in [0.3, 0.4) is 0 Å². The molecule has 0 aliphatic heterocycles. The first-order valence-corrected chi connectivity index (χ1v) is 5.91. The average molecular weight is 231 g/mol. The van der Waals surface area contributed by atoms with Gasteiger partial charge in [-0.3, -0.25) is 0 Å². The second-order valence-corrected chi connectivity index (χ2v) is 3.96. The van der Waals surface area contributed by atoms with Crippen molar-refractivity contribution in [2.45, 2.75) is 32.7 Å². The standard InChI is InChI=1S/C13H17N3O/c1-2-10-3-5-11(6-4-10)7-8-12-15-16-13(9-14)17-12/h3-6H,2,7-9,14H2,1H3. The Morgan fingerprint density at radius 3 is 2.24 bits per heavy atom. The monoisotopic (exact) mass is 231 g/mol. The molecule has 0 unspecified atom stereocenters. The summed E-state index contributed by atoms with van der Waals surface area (Å²) in [5.74, 6) is 1.16. The van der Waals surface area contributed by atoms with Crippen molar-refractivity contribution in [2.24, 2.45) is 5.73 Å². The molecular weight excluding hydrogens is 214 g/mol. The van der Waals surface area contributed by atoms with Crippen LogP contribution in [0.25, 0.3) is 0 Å². The van der Waals surface area contributed by atoms with E-state index in [-0.39, 0.29) is 0 Å². The molecule has 0 atom stereocenters. The van der Waals surface area contributed by atoms with Crippen LogP contribution in [0.15, 0.2) is 28.7 Å². The molecule has 0 aliphatic rings. The van der Waals surface area contributed by atoms with E-state index in [1.807, 2.05) is 0 Å².